The number of likely N-dealkylation sites (N-methyl/N-ethyl adjacent to an activating group) is 1. The summed E-state index contributed by atoms with van der Waals surface area (Å²) >= 11 is 0. The molecule has 0 aromatic heterocycles. The number of hydrogen-bond acceptors (Lipinski definition) is 2. The van der Waals surface area contributed by atoms with Crippen LogP contribution in [0.2, 0.25) is 0 Å². The summed E-state index contributed by atoms with van der Waals surface area (Å²) in [5.74, 6) is 0.391. The Kier molecular flexibility index (Phi) is 2.49. The molecule has 1 heterocycles. The molecule has 1 atom stereocenters. The predicted molar refractivity (Wildman–Crippen MR) is 59.9 cm³/mol. The Labute approximate surface area is 89.9 Å². The molecule has 2 rings (SSSR count). The first kappa shape index (κ1) is 10.2. The first-order valence-electron chi connectivity index (χ1n) is 5.20. The summed E-state index contributed by atoms with van der Waals surface area (Å²) in [6.45, 7) is 3.36. The Hall–Kier alpha value is -1.35. The molecule has 0 bridgehead atoms. The summed E-state index contributed by atoms with van der Waals surface area (Å²) in [7, 11) is 1.83. The van der Waals surface area contributed by atoms with Gasteiger partial charge in [-0.15, -0.1) is 0 Å². The van der Waals surface area contributed by atoms with Crippen molar-refractivity contribution < 1.29 is 4.79 Å². The van der Waals surface area contributed by atoms with Gasteiger partial charge in [0.1, 0.15) is 0 Å². The monoisotopic (exact) mass is 204 g/mol. The fourth-order valence-electron chi connectivity index (χ4n) is 2.31. The van der Waals surface area contributed by atoms with Gasteiger partial charge in [0.2, 0.25) is 0 Å². The van der Waals surface area contributed by atoms with Crippen molar-refractivity contribution in [2.75, 3.05) is 20.1 Å². The molecule has 0 saturated heterocycles. The number of benzene rings is 1. The van der Waals surface area contributed by atoms with E-state index in [1.807, 2.05) is 32.2 Å². The third kappa shape index (κ3) is 1.53. The lowest BCUT2D eigenvalue weighted by molar-refractivity contribution is 0.0766. The fourth-order valence-corrected chi connectivity index (χ4v) is 2.31. The Morgan fingerprint density at radius 2 is 2.27 bits per heavy atom. The van der Waals surface area contributed by atoms with E-state index < -0.39 is 0 Å². The van der Waals surface area contributed by atoms with Crippen LogP contribution in [-0.4, -0.2) is 30.9 Å². The molecule has 3 heteroatoms. The van der Waals surface area contributed by atoms with Gasteiger partial charge in [-0.25, -0.2) is 0 Å². The van der Waals surface area contributed by atoms with Gasteiger partial charge in [-0.2, -0.15) is 0 Å². The minimum atomic E-state index is 0.110. The zero-order valence-electron chi connectivity index (χ0n) is 9.16. The van der Waals surface area contributed by atoms with Gasteiger partial charge in [0, 0.05) is 31.6 Å². The first-order chi connectivity index (χ1) is 7.15. The van der Waals surface area contributed by atoms with Crippen molar-refractivity contribution in [3.05, 3.63) is 34.9 Å². The normalized spacial score (nSPS) is 20.3. The topological polar surface area (TPSA) is 46.3 Å². The van der Waals surface area contributed by atoms with Crippen molar-refractivity contribution in [3.63, 3.8) is 0 Å². The van der Waals surface area contributed by atoms with Crippen molar-refractivity contribution in [2.24, 2.45) is 5.73 Å². The Balaban J connectivity index is 2.58. The predicted octanol–water partition coefficient (Wildman–Crippen LogP) is 1.12. The average molecular weight is 204 g/mol. The third-order valence-corrected chi connectivity index (χ3v) is 3.09. The molecule has 1 amide bonds. The van der Waals surface area contributed by atoms with Crippen molar-refractivity contribution >= 4 is 5.91 Å². The number of fused-ring (bicyclic) bond motifs is 1. The lowest BCUT2D eigenvalue weighted by Gasteiger charge is -2.32. The summed E-state index contributed by atoms with van der Waals surface area (Å²) in [6, 6.07) is 5.86. The first-order valence-corrected chi connectivity index (χ1v) is 5.20. The number of nitrogens with zero attached hydrogens (tertiary/aromatic N) is 1. The molecule has 1 aliphatic rings. The highest BCUT2D eigenvalue weighted by atomic mass is 16.2. The van der Waals surface area contributed by atoms with E-state index in [0.717, 1.165) is 17.7 Å². The fraction of sp³-hybridized carbons (Fsp3) is 0.417. The molecule has 0 aliphatic carbocycles. The highest BCUT2D eigenvalue weighted by Crippen LogP contribution is 2.29. The lowest BCUT2D eigenvalue weighted by atomic mass is 9.86. The van der Waals surface area contributed by atoms with Crippen LogP contribution in [-0.2, 0) is 0 Å². The average Bonchev–Trinajstić information content (AvgIpc) is 2.23. The van der Waals surface area contributed by atoms with Gasteiger partial charge < -0.3 is 10.6 Å². The van der Waals surface area contributed by atoms with Gasteiger partial charge in [0.05, 0.1) is 0 Å². The van der Waals surface area contributed by atoms with E-state index >= 15 is 0 Å². The molecule has 1 unspecified atom stereocenters. The molecule has 15 heavy (non-hydrogen) atoms. The maximum Gasteiger partial charge on any atom is 0.253 e. The van der Waals surface area contributed by atoms with Crippen LogP contribution in [0.1, 0.15) is 27.4 Å². The molecule has 3 nitrogen and oxygen atoms in total. The van der Waals surface area contributed by atoms with Gasteiger partial charge in [0.25, 0.3) is 5.91 Å². The minimum Gasteiger partial charge on any atom is -0.341 e. The van der Waals surface area contributed by atoms with Crippen LogP contribution >= 0.6 is 0 Å². The summed E-state index contributed by atoms with van der Waals surface area (Å²) in [5.41, 5.74) is 8.89. The number of nitrogens with two attached hydrogens (primary N) is 1. The van der Waals surface area contributed by atoms with Crippen LogP contribution in [0.4, 0.5) is 0 Å². The maximum absolute atomic E-state index is 11.9. The molecular formula is C12H16N2O. The number of hydrogen-bond donors (Lipinski definition) is 1. The van der Waals surface area contributed by atoms with Gasteiger partial charge in [-0.05, 0) is 24.1 Å². The van der Waals surface area contributed by atoms with E-state index in [-0.39, 0.29) is 11.8 Å². The zero-order chi connectivity index (χ0) is 11.0. The second-order valence-electron chi connectivity index (χ2n) is 4.15. The number of rotatable bonds is 1. The number of amides is 1. The Morgan fingerprint density at radius 1 is 1.53 bits per heavy atom. The van der Waals surface area contributed by atoms with E-state index in [2.05, 4.69) is 0 Å². The van der Waals surface area contributed by atoms with Crippen LogP contribution in [0.3, 0.4) is 0 Å². The van der Waals surface area contributed by atoms with E-state index in [4.69, 9.17) is 5.73 Å². The van der Waals surface area contributed by atoms with E-state index in [1.165, 1.54) is 5.56 Å². The van der Waals surface area contributed by atoms with Crippen LogP contribution in [0.15, 0.2) is 18.2 Å². The van der Waals surface area contributed by atoms with Crippen LogP contribution in [0, 0.1) is 6.92 Å². The summed E-state index contributed by atoms with van der Waals surface area (Å²) < 4.78 is 0. The van der Waals surface area contributed by atoms with Crippen molar-refractivity contribution in [3.8, 4) is 0 Å². The van der Waals surface area contributed by atoms with Gasteiger partial charge in [-0.1, -0.05) is 12.1 Å². The molecule has 0 fully saturated rings. The molecule has 0 spiro atoms. The number of carbonyl (C=O) groups is 1. The minimum absolute atomic E-state index is 0.110. The smallest absolute Gasteiger partial charge is 0.253 e. The van der Waals surface area contributed by atoms with Crippen LogP contribution < -0.4 is 5.73 Å². The molecule has 80 valence electrons. The van der Waals surface area contributed by atoms with Crippen molar-refractivity contribution in [1.82, 2.24) is 4.90 Å². The van der Waals surface area contributed by atoms with Crippen molar-refractivity contribution in [1.29, 1.82) is 0 Å². The molecule has 0 radical (unpaired) electrons. The third-order valence-electron chi connectivity index (χ3n) is 3.09. The van der Waals surface area contributed by atoms with Gasteiger partial charge >= 0.3 is 0 Å². The number of carbonyl (C=O) groups excluding carboxylic acids is 1. The number of aryl methyl sites for hydroxylation is 1. The molecule has 1 aromatic carbocycles. The maximum atomic E-state index is 11.9. The van der Waals surface area contributed by atoms with E-state index in [0.29, 0.717) is 6.54 Å². The van der Waals surface area contributed by atoms with Gasteiger partial charge in [0.15, 0.2) is 0 Å². The SMILES string of the molecule is Cc1cccc2c1C(CN)CN(C)C2=O. The van der Waals surface area contributed by atoms with E-state index in [9.17, 15) is 4.79 Å². The standard InChI is InChI=1S/C12H16N2O/c1-8-4-3-5-10-11(8)9(6-13)7-14(2)12(10)15/h3-5,9H,6-7,13H2,1-2H3. The summed E-state index contributed by atoms with van der Waals surface area (Å²) in [6.07, 6.45) is 0. The molecule has 1 aromatic rings. The van der Waals surface area contributed by atoms with Crippen molar-refractivity contribution in [2.45, 2.75) is 12.8 Å². The highest BCUT2D eigenvalue weighted by Gasteiger charge is 2.29. The quantitative estimate of drug-likeness (QED) is 0.745. The summed E-state index contributed by atoms with van der Waals surface area (Å²) in [5, 5.41) is 0. The second-order valence-corrected chi connectivity index (χ2v) is 4.15. The second kappa shape index (κ2) is 3.66. The van der Waals surface area contributed by atoms with Crippen LogP contribution in [0.5, 0.6) is 0 Å². The molecular weight excluding hydrogens is 188 g/mol. The Morgan fingerprint density at radius 3 is 2.93 bits per heavy atom. The van der Waals surface area contributed by atoms with E-state index in [1.54, 1.807) is 4.90 Å². The highest BCUT2D eigenvalue weighted by molar-refractivity contribution is 5.97. The van der Waals surface area contributed by atoms with Crippen LogP contribution in [0.25, 0.3) is 0 Å². The molecule has 1 aliphatic heterocycles. The Bertz CT molecular complexity index is 401. The lowest BCUT2D eigenvalue weighted by Crippen LogP contribution is -2.39. The zero-order valence-corrected chi connectivity index (χ0v) is 9.16. The molecule has 2 N–H and O–H groups in total. The molecule has 0 saturated carbocycles. The summed E-state index contributed by atoms with van der Waals surface area (Å²) in [4.78, 5) is 13.7. The van der Waals surface area contributed by atoms with Gasteiger partial charge in [-0.3, -0.25) is 4.79 Å². The largest absolute Gasteiger partial charge is 0.341 e.